The summed E-state index contributed by atoms with van der Waals surface area (Å²) in [6.45, 7) is 0.843. The first-order valence-electron chi connectivity index (χ1n) is 9.67. The normalized spacial score (nSPS) is 15.3. The minimum atomic E-state index is -3.80. The van der Waals surface area contributed by atoms with E-state index in [2.05, 4.69) is 10.3 Å². The van der Waals surface area contributed by atoms with Crippen LogP contribution >= 0.6 is 0 Å². The summed E-state index contributed by atoms with van der Waals surface area (Å²) < 4.78 is 34.2. The van der Waals surface area contributed by atoms with Crippen LogP contribution in [0.2, 0.25) is 0 Å². The second-order valence-electron chi connectivity index (χ2n) is 7.34. The van der Waals surface area contributed by atoms with E-state index in [4.69, 9.17) is 4.42 Å². The summed E-state index contributed by atoms with van der Waals surface area (Å²) in [5, 5.41) is 2.39. The van der Waals surface area contributed by atoms with Crippen LogP contribution in [-0.4, -0.2) is 45.8 Å². The fourth-order valence-corrected chi connectivity index (χ4v) is 4.97. The van der Waals surface area contributed by atoms with Gasteiger partial charge in [-0.2, -0.15) is 4.31 Å². The van der Waals surface area contributed by atoms with Gasteiger partial charge in [0.15, 0.2) is 5.76 Å². The molecule has 3 aromatic rings. The molecular weight excluding hydrogens is 426 g/mol. The Labute approximate surface area is 177 Å². The maximum absolute atomic E-state index is 12.7. The van der Waals surface area contributed by atoms with Crippen molar-refractivity contribution in [3.63, 3.8) is 0 Å². The first kappa shape index (κ1) is 21.0. The molecule has 1 fully saturated rings. The van der Waals surface area contributed by atoms with E-state index in [0.717, 1.165) is 23.8 Å². The average molecular weight is 447 g/mol. The number of hydrogen-bond acceptors (Lipinski definition) is 7. The zero-order valence-electron chi connectivity index (χ0n) is 17.0. The first-order chi connectivity index (χ1) is 14.7. The molecule has 1 amide bonds. The van der Waals surface area contributed by atoms with Crippen LogP contribution in [0.1, 0.15) is 29.8 Å². The number of carbonyl (C=O) groups is 1. The van der Waals surface area contributed by atoms with Crippen molar-refractivity contribution in [1.29, 1.82) is 0 Å². The van der Waals surface area contributed by atoms with Crippen molar-refractivity contribution in [3.05, 3.63) is 51.0 Å². The van der Waals surface area contributed by atoms with E-state index >= 15 is 0 Å². The lowest BCUT2D eigenvalue weighted by molar-refractivity contribution is 0.0991. The number of nitrogens with zero attached hydrogens (tertiary/aromatic N) is 4. The summed E-state index contributed by atoms with van der Waals surface area (Å²) >= 11 is 0. The van der Waals surface area contributed by atoms with Gasteiger partial charge in [0.2, 0.25) is 5.09 Å². The molecule has 12 heteroatoms. The third-order valence-electron chi connectivity index (χ3n) is 5.27. The molecule has 1 saturated heterocycles. The Kier molecular flexibility index (Phi) is 5.27. The molecule has 0 aromatic carbocycles. The fraction of sp³-hybridized carbons (Fsp3) is 0.368. The highest BCUT2D eigenvalue weighted by Gasteiger charge is 2.29. The number of pyridine rings is 1. The van der Waals surface area contributed by atoms with Crippen molar-refractivity contribution in [2.24, 2.45) is 14.1 Å². The quantitative estimate of drug-likeness (QED) is 0.620. The largest absolute Gasteiger partial charge is 0.438 e. The summed E-state index contributed by atoms with van der Waals surface area (Å²) in [7, 11) is -0.959. The van der Waals surface area contributed by atoms with Crippen LogP contribution in [0, 0.1) is 0 Å². The summed E-state index contributed by atoms with van der Waals surface area (Å²) in [6, 6.07) is 3.93. The van der Waals surface area contributed by atoms with Gasteiger partial charge in [-0.15, -0.1) is 0 Å². The van der Waals surface area contributed by atoms with Crippen LogP contribution in [0.25, 0.3) is 11.0 Å². The van der Waals surface area contributed by atoms with Crippen molar-refractivity contribution >= 4 is 32.7 Å². The van der Waals surface area contributed by atoms with E-state index < -0.39 is 27.2 Å². The van der Waals surface area contributed by atoms with Gasteiger partial charge in [0, 0.05) is 27.2 Å². The maximum atomic E-state index is 12.7. The number of aromatic nitrogens is 3. The van der Waals surface area contributed by atoms with E-state index in [1.807, 2.05) is 0 Å². The van der Waals surface area contributed by atoms with E-state index in [1.165, 1.54) is 47.4 Å². The summed E-state index contributed by atoms with van der Waals surface area (Å²) in [5.74, 6) is -0.882. The van der Waals surface area contributed by atoms with Gasteiger partial charge in [-0.05, 0) is 31.0 Å². The van der Waals surface area contributed by atoms with Crippen LogP contribution in [0.5, 0.6) is 0 Å². The lowest BCUT2D eigenvalue weighted by atomic mass is 10.2. The number of anilines is 1. The minimum absolute atomic E-state index is 0.148. The highest BCUT2D eigenvalue weighted by molar-refractivity contribution is 7.89. The van der Waals surface area contributed by atoms with Crippen LogP contribution in [-0.2, 0) is 24.1 Å². The Morgan fingerprint density at radius 3 is 2.52 bits per heavy atom. The summed E-state index contributed by atoms with van der Waals surface area (Å²) in [5.41, 5.74) is -0.682. The Morgan fingerprint density at radius 2 is 1.81 bits per heavy atom. The van der Waals surface area contributed by atoms with E-state index in [1.54, 1.807) is 0 Å². The zero-order valence-corrected chi connectivity index (χ0v) is 17.8. The van der Waals surface area contributed by atoms with Crippen LogP contribution in [0.4, 0.5) is 5.69 Å². The molecule has 0 saturated carbocycles. The van der Waals surface area contributed by atoms with Gasteiger partial charge >= 0.3 is 5.69 Å². The van der Waals surface area contributed by atoms with Gasteiger partial charge in [-0.25, -0.2) is 18.2 Å². The topological polar surface area (TPSA) is 137 Å². The lowest BCUT2D eigenvalue weighted by Crippen LogP contribution is -2.37. The number of fused-ring (bicyclic) bond motifs is 1. The maximum Gasteiger partial charge on any atom is 0.332 e. The number of aryl methyl sites for hydroxylation is 1. The van der Waals surface area contributed by atoms with Gasteiger partial charge in [0.05, 0.1) is 17.3 Å². The van der Waals surface area contributed by atoms with Crippen molar-refractivity contribution in [2.75, 3.05) is 18.4 Å². The SMILES string of the molecule is Cn1c(=O)c2cc(NC(=O)c3ccc(S(=O)(=O)N4CCCCC4)o3)cnc2n(C)c1=O. The summed E-state index contributed by atoms with van der Waals surface area (Å²) in [6.07, 6.45) is 3.85. The highest BCUT2D eigenvalue weighted by atomic mass is 32.2. The standard InChI is InChI=1S/C19H21N5O6S/c1-22-16-13(18(26)23(2)19(22)27)10-12(11-20-16)21-17(25)14-6-7-15(30-14)31(28,29)24-8-4-3-5-9-24/h6-7,10-11H,3-5,8-9H2,1-2H3,(H,21,25). The molecule has 0 aliphatic carbocycles. The number of furan rings is 1. The van der Waals surface area contributed by atoms with Crippen LogP contribution in [0.15, 0.2) is 43.5 Å². The molecule has 0 bridgehead atoms. The van der Waals surface area contributed by atoms with Crippen molar-refractivity contribution in [1.82, 2.24) is 18.4 Å². The smallest absolute Gasteiger partial charge is 0.332 e. The van der Waals surface area contributed by atoms with Crippen LogP contribution < -0.4 is 16.6 Å². The Bertz CT molecular complexity index is 1400. The average Bonchev–Trinajstić information content (AvgIpc) is 3.28. The number of carbonyl (C=O) groups excluding carboxylic acids is 1. The first-order valence-corrected chi connectivity index (χ1v) is 11.1. The Hall–Kier alpha value is -3.25. The molecular formula is C19H21N5O6S. The van der Waals surface area contributed by atoms with Gasteiger partial charge < -0.3 is 9.73 Å². The molecule has 0 unspecified atom stereocenters. The molecule has 0 spiro atoms. The molecule has 1 aliphatic rings. The van der Waals surface area contributed by atoms with Gasteiger partial charge in [0.1, 0.15) is 5.65 Å². The van der Waals surface area contributed by atoms with Gasteiger partial charge in [0.25, 0.3) is 21.5 Å². The Balaban J connectivity index is 1.60. The van der Waals surface area contributed by atoms with E-state index in [-0.39, 0.29) is 27.6 Å². The molecule has 164 valence electrons. The number of nitrogens with one attached hydrogen (secondary N) is 1. The number of amides is 1. The molecule has 31 heavy (non-hydrogen) atoms. The zero-order chi connectivity index (χ0) is 22.3. The molecule has 3 aromatic heterocycles. The van der Waals surface area contributed by atoms with Gasteiger partial charge in [-0.3, -0.25) is 18.7 Å². The molecule has 1 N–H and O–H groups in total. The Morgan fingerprint density at radius 1 is 1.10 bits per heavy atom. The highest BCUT2D eigenvalue weighted by Crippen LogP contribution is 2.23. The predicted octanol–water partition coefficient (Wildman–Crippen LogP) is 0.652. The summed E-state index contributed by atoms with van der Waals surface area (Å²) in [4.78, 5) is 41.0. The monoisotopic (exact) mass is 447 g/mol. The predicted molar refractivity (Wildman–Crippen MR) is 111 cm³/mol. The number of hydrogen-bond donors (Lipinski definition) is 1. The molecule has 0 atom stereocenters. The molecule has 4 heterocycles. The second kappa shape index (κ2) is 7.78. The van der Waals surface area contributed by atoms with Crippen LogP contribution in [0.3, 0.4) is 0 Å². The van der Waals surface area contributed by atoms with E-state index in [0.29, 0.717) is 13.1 Å². The number of rotatable bonds is 4. The minimum Gasteiger partial charge on any atom is -0.438 e. The van der Waals surface area contributed by atoms with Gasteiger partial charge in [-0.1, -0.05) is 6.42 Å². The number of piperidine rings is 1. The fourth-order valence-electron chi connectivity index (χ4n) is 3.54. The molecule has 1 aliphatic heterocycles. The van der Waals surface area contributed by atoms with Crippen molar-refractivity contribution in [3.8, 4) is 0 Å². The number of sulfonamides is 1. The molecule has 11 nitrogen and oxygen atoms in total. The van der Waals surface area contributed by atoms with Crippen molar-refractivity contribution in [2.45, 2.75) is 24.4 Å². The van der Waals surface area contributed by atoms with E-state index in [9.17, 15) is 22.8 Å². The lowest BCUT2D eigenvalue weighted by Gasteiger charge is -2.24. The third-order valence-corrected chi connectivity index (χ3v) is 7.04. The third kappa shape index (κ3) is 3.68. The molecule has 4 rings (SSSR count). The second-order valence-corrected chi connectivity index (χ2v) is 9.21. The van der Waals surface area contributed by atoms with Crippen molar-refractivity contribution < 1.29 is 17.6 Å². The molecule has 0 radical (unpaired) electrons.